The van der Waals surface area contributed by atoms with Crippen molar-refractivity contribution in [1.82, 2.24) is 9.55 Å². The van der Waals surface area contributed by atoms with Gasteiger partial charge in [-0.25, -0.2) is 4.98 Å². The predicted molar refractivity (Wildman–Crippen MR) is 88.0 cm³/mol. The molecule has 0 atom stereocenters. The Kier molecular flexibility index (Phi) is 6.40. The van der Waals surface area contributed by atoms with Gasteiger partial charge >= 0.3 is 0 Å². The molecular formula is C14H19Cl2N3S. The number of halogens is 2. The van der Waals surface area contributed by atoms with Gasteiger partial charge in [-0.15, -0.1) is 12.4 Å². The van der Waals surface area contributed by atoms with Gasteiger partial charge in [-0.05, 0) is 24.1 Å². The highest BCUT2D eigenvalue weighted by Crippen LogP contribution is 2.34. The van der Waals surface area contributed by atoms with Crippen molar-refractivity contribution in [1.29, 1.82) is 0 Å². The summed E-state index contributed by atoms with van der Waals surface area (Å²) < 4.78 is 2.07. The number of hydrogen-bond donors (Lipinski definition) is 1. The van der Waals surface area contributed by atoms with Crippen LogP contribution in [-0.4, -0.2) is 9.55 Å². The largest absolute Gasteiger partial charge is 0.325 e. The van der Waals surface area contributed by atoms with E-state index in [1.54, 1.807) is 11.8 Å². The van der Waals surface area contributed by atoms with Crippen molar-refractivity contribution in [2.24, 2.45) is 12.8 Å². The third-order valence-corrected chi connectivity index (χ3v) is 4.30. The summed E-state index contributed by atoms with van der Waals surface area (Å²) in [5, 5.41) is 1.88. The summed E-state index contributed by atoms with van der Waals surface area (Å²) in [5.41, 5.74) is 6.83. The molecule has 0 saturated carbocycles. The van der Waals surface area contributed by atoms with Crippen LogP contribution in [0.15, 0.2) is 34.2 Å². The summed E-state index contributed by atoms with van der Waals surface area (Å²) in [4.78, 5) is 5.74. The van der Waals surface area contributed by atoms with Crippen LogP contribution >= 0.6 is 35.8 Å². The lowest BCUT2D eigenvalue weighted by Gasteiger charge is -2.08. The second kappa shape index (κ2) is 7.36. The second-order valence-corrected chi connectivity index (χ2v) is 6.19. The molecule has 3 nitrogen and oxygen atoms in total. The molecule has 0 spiro atoms. The van der Waals surface area contributed by atoms with Gasteiger partial charge in [0.1, 0.15) is 10.9 Å². The van der Waals surface area contributed by atoms with E-state index in [1.807, 2.05) is 25.2 Å². The molecule has 0 bridgehead atoms. The van der Waals surface area contributed by atoms with E-state index in [4.69, 9.17) is 17.3 Å². The highest BCUT2D eigenvalue weighted by Gasteiger charge is 2.17. The van der Waals surface area contributed by atoms with Gasteiger partial charge in [0.05, 0.1) is 12.2 Å². The summed E-state index contributed by atoms with van der Waals surface area (Å²) in [5.74, 6) is 1.28. The maximum atomic E-state index is 6.03. The molecule has 0 unspecified atom stereocenters. The zero-order chi connectivity index (χ0) is 14.0. The van der Waals surface area contributed by atoms with Crippen molar-refractivity contribution >= 4 is 35.8 Å². The maximum absolute atomic E-state index is 6.03. The number of imidazole rings is 1. The average Bonchev–Trinajstić information content (AvgIpc) is 2.67. The van der Waals surface area contributed by atoms with E-state index in [0.717, 1.165) is 26.5 Å². The topological polar surface area (TPSA) is 43.8 Å². The molecule has 2 aromatic rings. The first-order chi connectivity index (χ1) is 9.02. The molecule has 20 heavy (non-hydrogen) atoms. The molecule has 0 aliphatic carbocycles. The Morgan fingerprint density at radius 1 is 1.40 bits per heavy atom. The minimum absolute atomic E-state index is 0. The summed E-state index contributed by atoms with van der Waals surface area (Å²) in [6.45, 7) is 4.74. The van der Waals surface area contributed by atoms with Gasteiger partial charge in [0.25, 0.3) is 0 Å². The number of nitrogens with zero attached hydrogens (tertiary/aromatic N) is 2. The van der Waals surface area contributed by atoms with Crippen LogP contribution in [0.25, 0.3) is 0 Å². The van der Waals surface area contributed by atoms with Crippen LogP contribution in [0.5, 0.6) is 0 Å². The summed E-state index contributed by atoms with van der Waals surface area (Å²) >= 11 is 7.71. The maximum Gasteiger partial charge on any atom is 0.123 e. The van der Waals surface area contributed by atoms with E-state index in [0.29, 0.717) is 12.5 Å². The first-order valence-electron chi connectivity index (χ1n) is 6.22. The molecule has 0 fully saturated rings. The van der Waals surface area contributed by atoms with Crippen molar-refractivity contribution in [3.8, 4) is 0 Å². The van der Waals surface area contributed by atoms with Gasteiger partial charge < -0.3 is 10.3 Å². The molecule has 2 N–H and O–H groups in total. The number of nitrogens with two attached hydrogens (primary N) is 1. The third kappa shape index (κ3) is 3.70. The fourth-order valence-electron chi connectivity index (χ4n) is 1.87. The van der Waals surface area contributed by atoms with Crippen molar-refractivity contribution in [3.63, 3.8) is 0 Å². The SMILES string of the molecule is CC(C)c1nc(CN)n(C)c1Sc1cccc(Cl)c1.Cl. The van der Waals surface area contributed by atoms with Crippen LogP contribution in [0.3, 0.4) is 0 Å². The normalized spacial score (nSPS) is 10.7. The lowest BCUT2D eigenvalue weighted by Crippen LogP contribution is -2.05. The van der Waals surface area contributed by atoms with Crippen LogP contribution in [-0.2, 0) is 13.6 Å². The molecule has 6 heteroatoms. The zero-order valence-corrected chi connectivity index (χ0v) is 14.1. The minimum atomic E-state index is 0. The summed E-state index contributed by atoms with van der Waals surface area (Å²) in [6, 6.07) is 7.85. The number of benzene rings is 1. The second-order valence-electron chi connectivity index (χ2n) is 4.70. The molecular weight excluding hydrogens is 313 g/mol. The van der Waals surface area contributed by atoms with Gasteiger partial charge in [-0.1, -0.05) is 43.3 Å². The lowest BCUT2D eigenvalue weighted by molar-refractivity contribution is 0.732. The molecule has 110 valence electrons. The van der Waals surface area contributed by atoms with E-state index in [1.165, 1.54) is 0 Å². The van der Waals surface area contributed by atoms with Crippen LogP contribution in [0.1, 0.15) is 31.3 Å². The van der Waals surface area contributed by atoms with Gasteiger partial charge in [-0.3, -0.25) is 0 Å². The molecule has 0 amide bonds. The fourth-order valence-corrected chi connectivity index (χ4v) is 3.31. The van der Waals surface area contributed by atoms with E-state index < -0.39 is 0 Å². The summed E-state index contributed by atoms with van der Waals surface area (Å²) in [6.07, 6.45) is 0. The Bertz CT molecular complexity index is 582. The highest BCUT2D eigenvalue weighted by atomic mass is 35.5. The third-order valence-electron chi connectivity index (χ3n) is 2.90. The van der Waals surface area contributed by atoms with Crippen LogP contribution < -0.4 is 5.73 Å². The Morgan fingerprint density at radius 3 is 2.65 bits per heavy atom. The zero-order valence-electron chi connectivity index (χ0n) is 11.8. The van der Waals surface area contributed by atoms with Gasteiger partial charge in [0.2, 0.25) is 0 Å². The lowest BCUT2D eigenvalue weighted by atomic mass is 10.2. The van der Waals surface area contributed by atoms with E-state index >= 15 is 0 Å². The first-order valence-corrected chi connectivity index (χ1v) is 7.41. The quantitative estimate of drug-likeness (QED) is 0.911. The van der Waals surface area contributed by atoms with E-state index in [-0.39, 0.29) is 12.4 Å². The Hall–Kier alpha value is -0.680. The summed E-state index contributed by atoms with van der Waals surface area (Å²) in [7, 11) is 2.01. The number of rotatable bonds is 4. The Balaban J connectivity index is 0.00000200. The fraction of sp³-hybridized carbons (Fsp3) is 0.357. The molecule has 0 radical (unpaired) electrons. The van der Waals surface area contributed by atoms with E-state index in [9.17, 15) is 0 Å². The molecule has 2 rings (SSSR count). The van der Waals surface area contributed by atoms with E-state index in [2.05, 4.69) is 29.5 Å². The smallest absolute Gasteiger partial charge is 0.123 e. The van der Waals surface area contributed by atoms with Gasteiger partial charge in [0, 0.05) is 17.0 Å². The minimum Gasteiger partial charge on any atom is -0.325 e. The molecule has 0 saturated heterocycles. The Morgan fingerprint density at radius 2 is 2.10 bits per heavy atom. The van der Waals surface area contributed by atoms with Gasteiger partial charge in [-0.2, -0.15) is 0 Å². The number of aromatic nitrogens is 2. The van der Waals surface area contributed by atoms with Crippen molar-refractivity contribution < 1.29 is 0 Å². The monoisotopic (exact) mass is 331 g/mol. The average molecular weight is 332 g/mol. The standard InChI is InChI=1S/C14H18ClN3S.ClH/c1-9(2)13-14(18(3)12(8-16)17-13)19-11-6-4-5-10(15)7-11;/h4-7,9H,8,16H2,1-3H3;1H. The van der Waals surface area contributed by atoms with Crippen molar-refractivity contribution in [2.75, 3.05) is 0 Å². The molecule has 1 aromatic carbocycles. The molecule has 1 heterocycles. The predicted octanol–water partition coefficient (Wildman–Crippen LogP) is 4.23. The molecule has 0 aliphatic rings. The molecule has 1 aromatic heterocycles. The van der Waals surface area contributed by atoms with Gasteiger partial charge in [0.15, 0.2) is 0 Å². The first kappa shape index (κ1) is 17.4. The van der Waals surface area contributed by atoms with Crippen molar-refractivity contribution in [2.45, 2.75) is 36.2 Å². The number of hydrogen-bond acceptors (Lipinski definition) is 3. The molecule has 0 aliphatic heterocycles. The Labute approximate surface area is 135 Å². The van der Waals surface area contributed by atoms with Crippen LogP contribution in [0.2, 0.25) is 5.02 Å². The van der Waals surface area contributed by atoms with Crippen LogP contribution in [0.4, 0.5) is 0 Å². The highest BCUT2D eigenvalue weighted by molar-refractivity contribution is 7.99. The van der Waals surface area contributed by atoms with Crippen LogP contribution in [0, 0.1) is 0 Å². The van der Waals surface area contributed by atoms with Crippen molar-refractivity contribution in [3.05, 3.63) is 40.8 Å².